The van der Waals surface area contributed by atoms with Crippen molar-refractivity contribution >= 4 is 16.1 Å². The Hall–Kier alpha value is -2.94. The number of hydrogen-bond donors (Lipinski definition) is 3. The zero-order valence-corrected chi connectivity index (χ0v) is 26.7. The van der Waals surface area contributed by atoms with E-state index in [0.717, 1.165) is 31.2 Å². The number of aliphatic hydroxyl groups is 1. The maximum atomic E-state index is 14.2. The molecule has 1 amide bonds. The van der Waals surface area contributed by atoms with E-state index in [1.54, 1.807) is 6.07 Å². The Morgan fingerprint density at radius 3 is 2.69 bits per heavy atom. The van der Waals surface area contributed by atoms with E-state index in [9.17, 15) is 18.3 Å². The SMILES string of the molecule is CC(C)(CCCCN)CN(C[C@@H](O)[C@H](Cc1ccccc1)NC(=O)O[C@H]1CO[C@H]2OCC[C@H]21)S(=O)(=O)c1ccc2c(c1)OCO2. The number of ether oxygens (including phenoxy) is 5. The number of fused-ring (bicyclic) bond motifs is 2. The van der Waals surface area contributed by atoms with Gasteiger partial charge in [-0.25, -0.2) is 13.2 Å². The van der Waals surface area contributed by atoms with E-state index >= 15 is 0 Å². The van der Waals surface area contributed by atoms with Gasteiger partial charge in [0, 0.05) is 19.2 Å². The quantitative estimate of drug-likeness (QED) is 0.245. The van der Waals surface area contributed by atoms with Crippen LogP contribution in [0, 0.1) is 11.3 Å². The Balaban J connectivity index is 1.37. The van der Waals surface area contributed by atoms with Gasteiger partial charge in [0.15, 0.2) is 17.8 Å². The number of nitrogens with zero attached hydrogens (tertiary/aromatic N) is 1. The number of carbonyl (C=O) groups is 1. The number of nitrogens with one attached hydrogen (secondary N) is 1. The van der Waals surface area contributed by atoms with Crippen LogP contribution >= 0.6 is 0 Å². The molecular formula is C32H45N3O9S. The van der Waals surface area contributed by atoms with Crippen molar-refractivity contribution in [3.05, 3.63) is 54.1 Å². The highest BCUT2D eigenvalue weighted by Gasteiger charge is 2.44. The molecule has 5 rings (SSSR count). The highest BCUT2D eigenvalue weighted by atomic mass is 32.2. The summed E-state index contributed by atoms with van der Waals surface area (Å²) in [5, 5.41) is 14.5. The number of carbonyl (C=O) groups excluding carboxylic acids is 1. The van der Waals surface area contributed by atoms with Gasteiger partial charge < -0.3 is 39.8 Å². The summed E-state index contributed by atoms with van der Waals surface area (Å²) in [5.41, 5.74) is 6.14. The molecule has 2 aromatic rings. The van der Waals surface area contributed by atoms with Crippen molar-refractivity contribution in [1.82, 2.24) is 9.62 Å². The maximum absolute atomic E-state index is 14.2. The number of nitrogens with two attached hydrogens (primary N) is 1. The molecule has 13 heteroatoms. The summed E-state index contributed by atoms with van der Waals surface area (Å²) in [6.07, 6.45) is 0.559. The summed E-state index contributed by atoms with van der Waals surface area (Å²) in [7, 11) is -4.11. The number of aliphatic hydroxyl groups excluding tert-OH is 1. The van der Waals surface area contributed by atoms with E-state index in [2.05, 4.69) is 5.32 Å². The Labute approximate surface area is 265 Å². The Bertz CT molecular complexity index is 1390. The third-order valence-corrected chi connectivity index (χ3v) is 10.4. The predicted octanol–water partition coefficient (Wildman–Crippen LogP) is 3.02. The minimum Gasteiger partial charge on any atom is -0.454 e. The zero-order chi connectivity index (χ0) is 32.0. The van der Waals surface area contributed by atoms with Crippen LogP contribution in [0.1, 0.15) is 45.1 Å². The maximum Gasteiger partial charge on any atom is 0.407 e. The van der Waals surface area contributed by atoms with Crippen LogP contribution in [-0.4, -0.2) is 88.1 Å². The molecule has 2 saturated heterocycles. The average Bonchev–Trinajstić information content (AvgIpc) is 3.75. The van der Waals surface area contributed by atoms with Gasteiger partial charge in [0.05, 0.1) is 36.2 Å². The van der Waals surface area contributed by atoms with Crippen LogP contribution in [0.4, 0.5) is 4.79 Å². The van der Waals surface area contributed by atoms with E-state index in [1.165, 1.54) is 16.4 Å². The minimum atomic E-state index is -4.11. The second kappa shape index (κ2) is 14.7. The number of unbranched alkanes of at least 4 members (excludes halogenated alkanes) is 1. The molecule has 0 radical (unpaired) electrons. The number of rotatable bonds is 15. The molecule has 248 valence electrons. The van der Waals surface area contributed by atoms with Crippen molar-refractivity contribution in [2.24, 2.45) is 17.1 Å². The molecule has 0 unspecified atom stereocenters. The summed E-state index contributed by atoms with van der Waals surface area (Å²) in [6.45, 7) is 5.21. The monoisotopic (exact) mass is 647 g/mol. The van der Waals surface area contributed by atoms with Gasteiger partial charge in [-0.3, -0.25) is 0 Å². The van der Waals surface area contributed by atoms with Crippen molar-refractivity contribution in [3.63, 3.8) is 0 Å². The average molecular weight is 648 g/mol. The number of amides is 1. The lowest BCUT2D eigenvalue weighted by Gasteiger charge is -2.35. The second-order valence-electron chi connectivity index (χ2n) is 12.7. The zero-order valence-electron chi connectivity index (χ0n) is 25.9. The summed E-state index contributed by atoms with van der Waals surface area (Å²) in [6, 6.07) is 13.0. The molecule has 3 heterocycles. The van der Waals surface area contributed by atoms with Gasteiger partial charge in [-0.05, 0) is 55.3 Å². The van der Waals surface area contributed by atoms with E-state index in [0.29, 0.717) is 24.7 Å². The van der Waals surface area contributed by atoms with Gasteiger partial charge in [0.1, 0.15) is 6.10 Å². The van der Waals surface area contributed by atoms with Crippen molar-refractivity contribution < 1.29 is 42.0 Å². The molecule has 2 fully saturated rings. The van der Waals surface area contributed by atoms with Crippen LogP contribution in [0.3, 0.4) is 0 Å². The van der Waals surface area contributed by atoms with Gasteiger partial charge in [-0.1, -0.05) is 50.6 Å². The third kappa shape index (κ3) is 8.46. The normalized spacial score (nSPS) is 22.3. The molecule has 0 aliphatic carbocycles. The number of sulfonamides is 1. The van der Waals surface area contributed by atoms with Crippen LogP contribution in [0.5, 0.6) is 11.5 Å². The standard InChI is InChI=1S/C32H45N3O9S/c1-32(2,13-6-7-14-33)20-35(45(38,39)23-10-11-27-28(17-23)43-21-42-27)18-26(36)25(16-22-8-4-3-5-9-22)34-31(37)44-29-19-41-30-24(29)12-15-40-30/h3-5,8-11,17,24-26,29-30,36H,6-7,12-16,18-21,33H2,1-2H3,(H,34,37)/t24-,25-,26+,29-,30+/m0/s1. The molecular weight excluding hydrogens is 602 g/mol. The molecule has 0 saturated carbocycles. The Morgan fingerprint density at radius 2 is 1.91 bits per heavy atom. The highest BCUT2D eigenvalue weighted by molar-refractivity contribution is 7.89. The number of benzene rings is 2. The van der Waals surface area contributed by atoms with E-state index < -0.39 is 39.8 Å². The van der Waals surface area contributed by atoms with Crippen molar-refractivity contribution in [3.8, 4) is 11.5 Å². The van der Waals surface area contributed by atoms with Gasteiger partial charge in [0.25, 0.3) is 0 Å². The van der Waals surface area contributed by atoms with Crippen LogP contribution in [0.2, 0.25) is 0 Å². The van der Waals surface area contributed by atoms with Crippen LogP contribution in [0.15, 0.2) is 53.4 Å². The molecule has 3 aliphatic rings. The van der Waals surface area contributed by atoms with Crippen LogP contribution in [-0.2, 0) is 30.7 Å². The molecule has 12 nitrogen and oxygen atoms in total. The smallest absolute Gasteiger partial charge is 0.407 e. The molecule has 0 bridgehead atoms. The lowest BCUT2D eigenvalue weighted by Crippen LogP contribution is -2.52. The van der Waals surface area contributed by atoms with Crippen molar-refractivity contribution in [2.45, 2.75) is 75.4 Å². The molecule has 3 aliphatic heterocycles. The summed E-state index contributed by atoms with van der Waals surface area (Å²) in [4.78, 5) is 13.2. The topological polar surface area (TPSA) is 159 Å². The molecule has 4 N–H and O–H groups in total. The van der Waals surface area contributed by atoms with E-state index in [-0.39, 0.29) is 50.0 Å². The van der Waals surface area contributed by atoms with Crippen LogP contribution < -0.4 is 20.5 Å². The first-order valence-electron chi connectivity index (χ1n) is 15.6. The largest absolute Gasteiger partial charge is 0.454 e. The fourth-order valence-electron chi connectivity index (χ4n) is 6.10. The Morgan fingerprint density at radius 1 is 1.13 bits per heavy atom. The summed E-state index contributed by atoms with van der Waals surface area (Å²) in [5.74, 6) is 0.768. The van der Waals surface area contributed by atoms with E-state index in [1.807, 2.05) is 44.2 Å². The first-order valence-corrected chi connectivity index (χ1v) is 17.0. The molecule has 0 aromatic heterocycles. The highest BCUT2D eigenvalue weighted by Crippen LogP contribution is 2.36. The molecule has 0 spiro atoms. The first-order chi connectivity index (χ1) is 21.6. The third-order valence-electron chi connectivity index (χ3n) is 8.59. The minimum absolute atomic E-state index is 0.0137. The molecule has 2 aromatic carbocycles. The fourth-order valence-corrected chi connectivity index (χ4v) is 7.76. The summed E-state index contributed by atoms with van der Waals surface area (Å²) < 4.78 is 57.3. The number of alkyl carbamates (subject to hydrolysis) is 1. The summed E-state index contributed by atoms with van der Waals surface area (Å²) >= 11 is 0. The molecule has 5 atom stereocenters. The lowest BCUT2D eigenvalue weighted by molar-refractivity contribution is -0.0907. The van der Waals surface area contributed by atoms with Gasteiger partial charge >= 0.3 is 6.09 Å². The molecule has 45 heavy (non-hydrogen) atoms. The van der Waals surface area contributed by atoms with Crippen LogP contribution in [0.25, 0.3) is 0 Å². The fraction of sp³-hybridized carbons (Fsp3) is 0.594. The van der Waals surface area contributed by atoms with E-state index in [4.69, 9.17) is 29.4 Å². The van der Waals surface area contributed by atoms with Gasteiger partial charge in [-0.2, -0.15) is 4.31 Å². The first kappa shape index (κ1) is 33.4. The van der Waals surface area contributed by atoms with Crippen molar-refractivity contribution in [1.29, 1.82) is 0 Å². The predicted molar refractivity (Wildman–Crippen MR) is 165 cm³/mol. The second-order valence-corrected chi connectivity index (χ2v) is 14.6. The number of hydrogen-bond acceptors (Lipinski definition) is 10. The van der Waals surface area contributed by atoms with Crippen molar-refractivity contribution in [2.75, 3.05) is 39.6 Å². The lowest BCUT2D eigenvalue weighted by atomic mass is 9.87. The van der Waals surface area contributed by atoms with Gasteiger partial charge in [0.2, 0.25) is 16.8 Å². The van der Waals surface area contributed by atoms with Gasteiger partial charge in [-0.15, -0.1) is 0 Å². The Kier molecular flexibility index (Phi) is 10.9.